The van der Waals surface area contributed by atoms with Gasteiger partial charge in [-0.3, -0.25) is 0 Å². The molecule has 2 rings (SSSR count). The average molecular weight is 245 g/mol. The lowest BCUT2D eigenvalue weighted by Gasteiger charge is -2.24. The van der Waals surface area contributed by atoms with E-state index >= 15 is 0 Å². The SMILES string of the molecule is CCCC(C)(C)CNc1nc2ccccc2n1C. The van der Waals surface area contributed by atoms with Crippen molar-refractivity contribution in [1.82, 2.24) is 9.55 Å². The fourth-order valence-corrected chi connectivity index (χ4v) is 2.39. The van der Waals surface area contributed by atoms with Gasteiger partial charge < -0.3 is 9.88 Å². The number of rotatable bonds is 5. The minimum atomic E-state index is 0.312. The molecule has 0 bridgehead atoms. The number of aryl methyl sites for hydroxylation is 1. The van der Waals surface area contributed by atoms with E-state index in [9.17, 15) is 0 Å². The number of para-hydroxylation sites is 2. The summed E-state index contributed by atoms with van der Waals surface area (Å²) in [5.41, 5.74) is 2.54. The minimum Gasteiger partial charge on any atom is -0.355 e. The van der Waals surface area contributed by atoms with Crippen LogP contribution in [0.5, 0.6) is 0 Å². The van der Waals surface area contributed by atoms with E-state index in [1.54, 1.807) is 0 Å². The van der Waals surface area contributed by atoms with Crippen molar-refractivity contribution in [1.29, 1.82) is 0 Å². The third kappa shape index (κ3) is 2.66. The van der Waals surface area contributed by atoms with Gasteiger partial charge in [0.2, 0.25) is 5.95 Å². The molecule has 3 nitrogen and oxygen atoms in total. The predicted molar refractivity (Wildman–Crippen MR) is 77.9 cm³/mol. The summed E-state index contributed by atoms with van der Waals surface area (Å²) in [6.45, 7) is 7.78. The molecule has 0 aliphatic rings. The molecule has 0 spiro atoms. The van der Waals surface area contributed by atoms with E-state index in [-0.39, 0.29) is 0 Å². The Balaban J connectivity index is 2.15. The van der Waals surface area contributed by atoms with Gasteiger partial charge in [-0.2, -0.15) is 0 Å². The topological polar surface area (TPSA) is 29.9 Å². The number of nitrogens with one attached hydrogen (secondary N) is 1. The first-order valence-corrected chi connectivity index (χ1v) is 6.69. The summed E-state index contributed by atoms with van der Waals surface area (Å²) in [7, 11) is 2.06. The smallest absolute Gasteiger partial charge is 0.203 e. The van der Waals surface area contributed by atoms with Crippen LogP contribution < -0.4 is 5.32 Å². The number of hydrogen-bond donors (Lipinski definition) is 1. The lowest BCUT2D eigenvalue weighted by atomic mass is 9.88. The molecule has 0 radical (unpaired) electrons. The van der Waals surface area contributed by atoms with Gasteiger partial charge in [-0.15, -0.1) is 0 Å². The maximum absolute atomic E-state index is 4.63. The van der Waals surface area contributed by atoms with Gasteiger partial charge in [0.15, 0.2) is 0 Å². The molecular formula is C15H23N3. The summed E-state index contributed by atoms with van der Waals surface area (Å²) < 4.78 is 2.12. The van der Waals surface area contributed by atoms with E-state index in [1.165, 1.54) is 18.4 Å². The summed E-state index contributed by atoms with van der Waals surface area (Å²) in [6.07, 6.45) is 2.45. The van der Waals surface area contributed by atoms with Crippen molar-refractivity contribution in [2.24, 2.45) is 12.5 Å². The molecule has 0 amide bonds. The number of fused-ring (bicyclic) bond motifs is 1. The van der Waals surface area contributed by atoms with Crippen LogP contribution in [0.3, 0.4) is 0 Å². The fraction of sp³-hybridized carbons (Fsp3) is 0.533. The molecule has 18 heavy (non-hydrogen) atoms. The second kappa shape index (κ2) is 5.01. The van der Waals surface area contributed by atoms with Crippen molar-refractivity contribution in [3.8, 4) is 0 Å². The zero-order valence-corrected chi connectivity index (χ0v) is 11.8. The van der Waals surface area contributed by atoms with Crippen LogP contribution in [0.25, 0.3) is 11.0 Å². The van der Waals surface area contributed by atoms with Gasteiger partial charge in [0.25, 0.3) is 0 Å². The zero-order chi connectivity index (χ0) is 13.2. The van der Waals surface area contributed by atoms with Crippen LogP contribution in [0.15, 0.2) is 24.3 Å². The van der Waals surface area contributed by atoms with Crippen molar-refractivity contribution in [2.75, 3.05) is 11.9 Å². The maximum atomic E-state index is 4.63. The Labute approximate surface area is 109 Å². The highest BCUT2D eigenvalue weighted by Crippen LogP contribution is 2.24. The number of benzene rings is 1. The maximum Gasteiger partial charge on any atom is 0.203 e. The first kappa shape index (κ1) is 12.9. The van der Waals surface area contributed by atoms with E-state index in [2.05, 4.69) is 60.9 Å². The molecule has 0 atom stereocenters. The number of aromatic nitrogens is 2. The van der Waals surface area contributed by atoms with Crippen LogP contribution in [-0.2, 0) is 7.05 Å². The minimum absolute atomic E-state index is 0.312. The van der Waals surface area contributed by atoms with Crippen LogP contribution in [0.2, 0.25) is 0 Å². The number of hydrogen-bond acceptors (Lipinski definition) is 2. The van der Waals surface area contributed by atoms with Crippen LogP contribution in [0.4, 0.5) is 5.95 Å². The van der Waals surface area contributed by atoms with Crippen molar-refractivity contribution in [3.05, 3.63) is 24.3 Å². The van der Waals surface area contributed by atoms with E-state index < -0.39 is 0 Å². The highest BCUT2D eigenvalue weighted by atomic mass is 15.2. The zero-order valence-electron chi connectivity index (χ0n) is 11.8. The Hall–Kier alpha value is -1.51. The molecule has 0 aliphatic heterocycles. The monoisotopic (exact) mass is 245 g/mol. The van der Waals surface area contributed by atoms with Gasteiger partial charge in [0.05, 0.1) is 11.0 Å². The summed E-state index contributed by atoms with van der Waals surface area (Å²) >= 11 is 0. The molecule has 98 valence electrons. The third-order valence-corrected chi connectivity index (χ3v) is 3.44. The lowest BCUT2D eigenvalue weighted by Crippen LogP contribution is -2.24. The summed E-state index contributed by atoms with van der Waals surface area (Å²) in [4.78, 5) is 4.63. The Morgan fingerprint density at radius 1 is 1.28 bits per heavy atom. The van der Waals surface area contributed by atoms with Crippen molar-refractivity contribution in [2.45, 2.75) is 33.6 Å². The Bertz CT molecular complexity index is 526. The summed E-state index contributed by atoms with van der Waals surface area (Å²) in [6, 6.07) is 8.23. The molecule has 2 aromatic rings. The fourth-order valence-electron chi connectivity index (χ4n) is 2.39. The highest BCUT2D eigenvalue weighted by molar-refractivity contribution is 5.78. The number of imidazole rings is 1. The van der Waals surface area contributed by atoms with Crippen LogP contribution in [0.1, 0.15) is 33.6 Å². The quantitative estimate of drug-likeness (QED) is 0.868. The van der Waals surface area contributed by atoms with E-state index in [0.717, 1.165) is 18.0 Å². The number of nitrogens with zero attached hydrogens (tertiary/aromatic N) is 2. The Kier molecular flexibility index (Phi) is 3.60. The Morgan fingerprint density at radius 2 is 2.00 bits per heavy atom. The highest BCUT2D eigenvalue weighted by Gasteiger charge is 2.17. The van der Waals surface area contributed by atoms with Crippen molar-refractivity contribution >= 4 is 17.0 Å². The molecule has 1 aromatic carbocycles. The van der Waals surface area contributed by atoms with Crippen LogP contribution in [-0.4, -0.2) is 16.1 Å². The molecule has 0 unspecified atom stereocenters. The molecule has 0 aliphatic carbocycles. The van der Waals surface area contributed by atoms with Crippen LogP contribution in [0, 0.1) is 5.41 Å². The van der Waals surface area contributed by atoms with Gasteiger partial charge in [-0.1, -0.05) is 39.3 Å². The molecular weight excluding hydrogens is 222 g/mol. The molecule has 1 heterocycles. The van der Waals surface area contributed by atoms with Gasteiger partial charge in [0.1, 0.15) is 0 Å². The molecule has 0 saturated heterocycles. The summed E-state index contributed by atoms with van der Waals surface area (Å²) in [5.74, 6) is 0.959. The average Bonchev–Trinajstić information content (AvgIpc) is 2.65. The number of anilines is 1. The van der Waals surface area contributed by atoms with Crippen LogP contribution >= 0.6 is 0 Å². The second-order valence-corrected chi connectivity index (χ2v) is 5.75. The Morgan fingerprint density at radius 3 is 2.67 bits per heavy atom. The van der Waals surface area contributed by atoms with E-state index in [4.69, 9.17) is 0 Å². The lowest BCUT2D eigenvalue weighted by molar-refractivity contribution is 0.353. The second-order valence-electron chi connectivity index (χ2n) is 5.75. The van der Waals surface area contributed by atoms with E-state index in [1.807, 2.05) is 6.07 Å². The van der Waals surface area contributed by atoms with Gasteiger partial charge in [-0.05, 0) is 24.0 Å². The van der Waals surface area contributed by atoms with Gasteiger partial charge in [-0.25, -0.2) is 4.98 Å². The molecule has 3 heteroatoms. The molecule has 1 aromatic heterocycles. The van der Waals surface area contributed by atoms with Gasteiger partial charge in [0, 0.05) is 13.6 Å². The van der Waals surface area contributed by atoms with Crippen molar-refractivity contribution in [3.63, 3.8) is 0 Å². The van der Waals surface area contributed by atoms with E-state index in [0.29, 0.717) is 5.41 Å². The molecule has 0 saturated carbocycles. The molecule has 0 fully saturated rings. The largest absolute Gasteiger partial charge is 0.355 e. The standard InChI is InChI=1S/C15H23N3/c1-5-10-15(2,3)11-16-14-17-12-8-6-7-9-13(12)18(14)4/h6-9H,5,10-11H2,1-4H3,(H,16,17). The third-order valence-electron chi connectivity index (χ3n) is 3.44. The predicted octanol–water partition coefficient (Wildman–Crippen LogP) is 3.81. The van der Waals surface area contributed by atoms with Crippen molar-refractivity contribution < 1.29 is 0 Å². The normalized spacial score (nSPS) is 12.0. The van der Waals surface area contributed by atoms with Gasteiger partial charge >= 0.3 is 0 Å². The molecule has 1 N–H and O–H groups in total. The first-order chi connectivity index (χ1) is 8.53. The first-order valence-electron chi connectivity index (χ1n) is 6.69. The summed E-state index contributed by atoms with van der Waals surface area (Å²) in [5, 5.41) is 3.48.